The Balaban J connectivity index is 1.52. The van der Waals surface area contributed by atoms with Gasteiger partial charge in [-0.25, -0.2) is 0 Å². The van der Waals surface area contributed by atoms with Gasteiger partial charge in [0.25, 0.3) is 5.91 Å². The van der Waals surface area contributed by atoms with E-state index >= 15 is 0 Å². The van der Waals surface area contributed by atoms with Crippen molar-refractivity contribution < 1.29 is 14.3 Å². The third-order valence-electron chi connectivity index (χ3n) is 4.40. The minimum Gasteiger partial charge on any atom is -0.496 e. The number of nitrogens with one attached hydrogen (secondary N) is 1. The van der Waals surface area contributed by atoms with Crippen LogP contribution < -0.4 is 14.8 Å². The Morgan fingerprint density at radius 3 is 2.04 bits per heavy atom. The third-order valence-corrected chi connectivity index (χ3v) is 4.40. The summed E-state index contributed by atoms with van der Waals surface area (Å²) in [6, 6.07) is 28.4. The maximum atomic E-state index is 12.8. The molecule has 4 aromatic rings. The molecule has 0 spiro atoms. The van der Waals surface area contributed by atoms with Crippen molar-refractivity contribution in [1.82, 2.24) is 0 Å². The summed E-state index contributed by atoms with van der Waals surface area (Å²) in [6.07, 6.45) is 0. The van der Waals surface area contributed by atoms with E-state index in [2.05, 4.69) is 5.32 Å². The van der Waals surface area contributed by atoms with E-state index in [4.69, 9.17) is 9.47 Å². The summed E-state index contributed by atoms with van der Waals surface area (Å²) in [5.41, 5.74) is 1.17. The molecule has 1 N–H and O–H groups in total. The summed E-state index contributed by atoms with van der Waals surface area (Å²) in [4.78, 5) is 12.8. The number of hydrogen-bond donors (Lipinski definition) is 1. The van der Waals surface area contributed by atoms with Crippen LogP contribution in [0.5, 0.6) is 17.2 Å². The maximum absolute atomic E-state index is 12.8. The average molecular weight is 369 g/mol. The Labute approximate surface area is 163 Å². The molecule has 0 aromatic heterocycles. The van der Waals surface area contributed by atoms with E-state index in [-0.39, 0.29) is 5.91 Å². The first-order valence-corrected chi connectivity index (χ1v) is 8.94. The van der Waals surface area contributed by atoms with E-state index in [1.54, 1.807) is 7.11 Å². The smallest absolute Gasteiger partial charge is 0.259 e. The number of amides is 1. The molecule has 4 nitrogen and oxygen atoms in total. The minimum absolute atomic E-state index is 0.223. The lowest BCUT2D eigenvalue weighted by molar-refractivity contribution is 0.102. The van der Waals surface area contributed by atoms with Crippen molar-refractivity contribution in [1.29, 1.82) is 0 Å². The maximum Gasteiger partial charge on any atom is 0.259 e. The van der Waals surface area contributed by atoms with Gasteiger partial charge in [-0.2, -0.15) is 0 Å². The first-order chi connectivity index (χ1) is 13.7. The molecule has 0 radical (unpaired) electrons. The molecule has 0 saturated heterocycles. The van der Waals surface area contributed by atoms with E-state index in [1.165, 1.54) is 0 Å². The average Bonchev–Trinajstić information content (AvgIpc) is 2.75. The van der Waals surface area contributed by atoms with Crippen LogP contribution in [-0.4, -0.2) is 13.0 Å². The van der Waals surface area contributed by atoms with E-state index in [1.807, 2.05) is 91.0 Å². The van der Waals surface area contributed by atoms with Gasteiger partial charge in [-0.1, -0.05) is 42.5 Å². The number of carbonyl (C=O) groups is 1. The molecule has 0 bridgehead atoms. The molecule has 0 aliphatic heterocycles. The van der Waals surface area contributed by atoms with Crippen molar-refractivity contribution in [2.75, 3.05) is 12.4 Å². The third kappa shape index (κ3) is 3.81. The SMILES string of the molecule is COc1cc2ccccc2cc1C(=O)Nc1ccc(Oc2ccccc2)cc1. The van der Waals surface area contributed by atoms with E-state index in [0.29, 0.717) is 22.7 Å². The Hall–Kier alpha value is -3.79. The van der Waals surface area contributed by atoms with Gasteiger partial charge < -0.3 is 14.8 Å². The standard InChI is InChI=1S/C24H19NO3/c1-27-23-16-18-8-6-5-7-17(18)15-22(23)24(26)25-19-11-13-21(14-12-19)28-20-9-3-2-4-10-20/h2-16H,1H3,(H,25,26). The highest BCUT2D eigenvalue weighted by Crippen LogP contribution is 2.27. The topological polar surface area (TPSA) is 47.6 Å². The lowest BCUT2D eigenvalue weighted by atomic mass is 10.1. The molecule has 0 fully saturated rings. The van der Waals surface area contributed by atoms with Crippen LogP contribution in [0.2, 0.25) is 0 Å². The molecule has 0 atom stereocenters. The first kappa shape index (κ1) is 17.6. The second-order valence-corrected chi connectivity index (χ2v) is 6.29. The minimum atomic E-state index is -0.223. The normalized spacial score (nSPS) is 10.5. The summed E-state index contributed by atoms with van der Waals surface area (Å²) < 4.78 is 11.2. The number of fused-ring (bicyclic) bond motifs is 1. The molecular formula is C24H19NO3. The molecule has 138 valence electrons. The van der Waals surface area contributed by atoms with E-state index in [9.17, 15) is 4.79 Å². The Kier molecular flexibility index (Phi) is 4.93. The molecule has 0 unspecified atom stereocenters. The van der Waals surface area contributed by atoms with E-state index < -0.39 is 0 Å². The number of methoxy groups -OCH3 is 1. The van der Waals surface area contributed by atoms with Gasteiger partial charge in [0.1, 0.15) is 17.2 Å². The Bertz CT molecular complexity index is 1110. The van der Waals surface area contributed by atoms with Gasteiger partial charge in [0, 0.05) is 5.69 Å². The van der Waals surface area contributed by atoms with E-state index in [0.717, 1.165) is 16.5 Å². The molecule has 4 heteroatoms. The largest absolute Gasteiger partial charge is 0.496 e. The molecule has 0 saturated carbocycles. The number of anilines is 1. The van der Waals surface area contributed by atoms with Crippen molar-refractivity contribution >= 4 is 22.4 Å². The van der Waals surface area contributed by atoms with Gasteiger partial charge in [-0.05, 0) is 59.3 Å². The number of ether oxygens (including phenoxy) is 2. The molecule has 0 aliphatic rings. The van der Waals surface area contributed by atoms with Gasteiger partial charge >= 0.3 is 0 Å². The molecule has 1 amide bonds. The van der Waals surface area contributed by atoms with Gasteiger partial charge in [0.15, 0.2) is 0 Å². The number of para-hydroxylation sites is 1. The van der Waals surface area contributed by atoms with Gasteiger partial charge in [-0.15, -0.1) is 0 Å². The van der Waals surface area contributed by atoms with Crippen molar-refractivity contribution in [2.45, 2.75) is 0 Å². The van der Waals surface area contributed by atoms with Crippen LogP contribution in [0.25, 0.3) is 10.8 Å². The fourth-order valence-electron chi connectivity index (χ4n) is 3.00. The highest BCUT2D eigenvalue weighted by Gasteiger charge is 2.14. The highest BCUT2D eigenvalue weighted by atomic mass is 16.5. The molecule has 0 heterocycles. The lowest BCUT2D eigenvalue weighted by Crippen LogP contribution is -2.13. The molecule has 4 aromatic carbocycles. The van der Waals surface area contributed by atoms with Crippen molar-refractivity contribution in [3.05, 3.63) is 96.6 Å². The number of hydrogen-bond acceptors (Lipinski definition) is 3. The Morgan fingerprint density at radius 2 is 1.36 bits per heavy atom. The predicted octanol–water partition coefficient (Wildman–Crippen LogP) is 5.89. The second-order valence-electron chi connectivity index (χ2n) is 6.29. The summed E-state index contributed by atoms with van der Waals surface area (Å²) >= 11 is 0. The highest BCUT2D eigenvalue weighted by molar-refractivity contribution is 6.08. The zero-order valence-electron chi connectivity index (χ0n) is 15.4. The lowest BCUT2D eigenvalue weighted by Gasteiger charge is -2.12. The molecular weight excluding hydrogens is 350 g/mol. The Morgan fingerprint density at radius 1 is 0.750 bits per heavy atom. The number of rotatable bonds is 5. The predicted molar refractivity (Wildman–Crippen MR) is 111 cm³/mol. The van der Waals surface area contributed by atoms with Crippen LogP contribution in [0.1, 0.15) is 10.4 Å². The number of carbonyl (C=O) groups excluding carboxylic acids is 1. The van der Waals surface area contributed by atoms with Gasteiger partial charge in [0.05, 0.1) is 12.7 Å². The second kappa shape index (κ2) is 7.84. The number of benzene rings is 4. The van der Waals surface area contributed by atoms with Crippen LogP contribution in [0.3, 0.4) is 0 Å². The molecule has 0 aliphatic carbocycles. The fourth-order valence-corrected chi connectivity index (χ4v) is 3.00. The van der Waals surface area contributed by atoms with Crippen LogP contribution in [-0.2, 0) is 0 Å². The van der Waals surface area contributed by atoms with Crippen LogP contribution >= 0.6 is 0 Å². The summed E-state index contributed by atoms with van der Waals surface area (Å²) in [7, 11) is 1.57. The molecule has 4 rings (SSSR count). The van der Waals surface area contributed by atoms with Crippen LogP contribution in [0.4, 0.5) is 5.69 Å². The summed E-state index contributed by atoms with van der Waals surface area (Å²) in [6.45, 7) is 0. The van der Waals surface area contributed by atoms with Crippen molar-refractivity contribution in [3.63, 3.8) is 0 Å². The quantitative estimate of drug-likeness (QED) is 0.477. The van der Waals surface area contributed by atoms with Gasteiger partial charge in [-0.3, -0.25) is 4.79 Å². The first-order valence-electron chi connectivity index (χ1n) is 8.94. The van der Waals surface area contributed by atoms with Gasteiger partial charge in [0.2, 0.25) is 0 Å². The molecule has 28 heavy (non-hydrogen) atoms. The van der Waals surface area contributed by atoms with Crippen LogP contribution in [0.15, 0.2) is 91.0 Å². The fraction of sp³-hybridized carbons (Fsp3) is 0.0417. The van der Waals surface area contributed by atoms with Crippen molar-refractivity contribution in [3.8, 4) is 17.2 Å². The van der Waals surface area contributed by atoms with Crippen LogP contribution in [0, 0.1) is 0 Å². The monoisotopic (exact) mass is 369 g/mol. The summed E-state index contributed by atoms with van der Waals surface area (Å²) in [5.74, 6) is 1.78. The van der Waals surface area contributed by atoms with Crippen molar-refractivity contribution in [2.24, 2.45) is 0 Å². The summed E-state index contributed by atoms with van der Waals surface area (Å²) in [5, 5.41) is 4.93. The zero-order chi connectivity index (χ0) is 19.3. The zero-order valence-corrected chi connectivity index (χ0v) is 15.4.